The predicted octanol–water partition coefficient (Wildman–Crippen LogP) is -5.21. The summed E-state index contributed by atoms with van der Waals surface area (Å²) < 4.78 is 28.9. The molecule has 2 aromatic carbocycles. The van der Waals surface area contributed by atoms with E-state index in [4.69, 9.17) is 40.9 Å². The molecule has 2 aromatic rings. The van der Waals surface area contributed by atoms with Gasteiger partial charge in [0.1, 0.15) is 54.2 Å². The largest absolute Gasteiger partial charge is 0.508 e. The summed E-state index contributed by atoms with van der Waals surface area (Å²) in [5.41, 5.74) is 12.6. The highest BCUT2D eigenvalue weighted by molar-refractivity contribution is 5.48. The number of phenols is 2. The number of rotatable bonds is 9. The first-order valence-electron chi connectivity index (χ1n) is 15.2. The fourth-order valence-corrected chi connectivity index (χ4v) is 6.61. The highest BCUT2D eigenvalue weighted by Crippen LogP contribution is 2.54. The van der Waals surface area contributed by atoms with Gasteiger partial charge in [-0.05, 0) is 12.1 Å². The van der Waals surface area contributed by atoms with Crippen molar-refractivity contribution in [2.24, 2.45) is 17.2 Å². The number of aromatic hydroxyl groups is 2. The van der Waals surface area contributed by atoms with Gasteiger partial charge >= 0.3 is 0 Å². The number of hydrogen-bond donors (Lipinski definition) is 13. The standard InChI is InChI=1S/C30H43N3O15/c31-18-21(39)23(16(9-34)44-26(18)42)46-27-19(32)22(40)24(17(10-35)45-27)47-28-20(33)25(41)30(43,13-6-2-4-8-15(13)38)29(11-36,48-28)12-5-1-3-7-14(12)37/h1-8,16-28,34-43H,9-11,31-33H2/t16-,17-,18?,19?,20-,21?,22-,23?,24?,25-,26?,27+,28-,29+,30+/m1/s1. The van der Waals surface area contributed by atoms with E-state index in [9.17, 15) is 51.1 Å². The quantitative estimate of drug-likeness (QED) is 0.117. The first kappa shape index (κ1) is 36.7. The van der Waals surface area contributed by atoms with Crippen LogP contribution in [0.4, 0.5) is 0 Å². The third-order valence-electron chi connectivity index (χ3n) is 9.32. The Morgan fingerprint density at radius 3 is 1.71 bits per heavy atom. The first-order valence-corrected chi connectivity index (χ1v) is 15.2. The van der Waals surface area contributed by atoms with E-state index >= 15 is 0 Å². The van der Waals surface area contributed by atoms with Crippen LogP contribution in [0.1, 0.15) is 11.1 Å². The van der Waals surface area contributed by atoms with Crippen molar-refractivity contribution in [3.05, 3.63) is 59.7 Å². The van der Waals surface area contributed by atoms with Crippen molar-refractivity contribution in [2.75, 3.05) is 19.8 Å². The molecular formula is C30H43N3O15. The van der Waals surface area contributed by atoms with Crippen LogP contribution in [-0.2, 0) is 34.9 Å². The number of para-hydroxylation sites is 2. The van der Waals surface area contributed by atoms with E-state index in [1.54, 1.807) is 0 Å². The lowest BCUT2D eigenvalue weighted by molar-refractivity contribution is -0.384. The van der Waals surface area contributed by atoms with E-state index < -0.39 is 122 Å². The van der Waals surface area contributed by atoms with Crippen molar-refractivity contribution in [1.82, 2.24) is 0 Å². The zero-order chi connectivity index (χ0) is 35.1. The zero-order valence-corrected chi connectivity index (χ0v) is 25.5. The Bertz CT molecular complexity index is 1390. The fraction of sp³-hybridized carbons (Fsp3) is 0.600. The van der Waals surface area contributed by atoms with Crippen LogP contribution in [0.25, 0.3) is 0 Å². The minimum Gasteiger partial charge on any atom is -0.508 e. The van der Waals surface area contributed by atoms with E-state index in [1.807, 2.05) is 0 Å². The Kier molecular flexibility index (Phi) is 10.9. The summed E-state index contributed by atoms with van der Waals surface area (Å²) in [5, 5.41) is 108. The Balaban J connectivity index is 1.46. The molecule has 18 nitrogen and oxygen atoms in total. The van der Waals surface area contributed by atoms with Gasteiger partial charge in [0.15, 0.2) is 30.1 Å². The van der Waals surface area contributed by atoms with Gasteiger partial charge in [-0.1, -0.05) is 36.4 Å². The van der Waals surface area contributed by atoms with Crippen molar-refractivity contribution >= 4 is 0 Å². The van der Waals surface area contributed by atoms with Gasteiger partial charge in [0.25, 0.3) is 0 Å². The van der Waals surface area contributed by atoms with Crippen molar-refractivity contribution in [1.29, 1.82) is 0 Å². The Morgan fingerprint density at radius 2 is 1.17 bits per heavy atom. The van der Waals surface area contributed by atoms with Crippen molar-refractivity contribution in [2.45, 2.75) is 90.9 Å². The molecule has 3 aliphatic heterocycles. The Hall–Kier alpha value is -2.60. The smallest absolute Gasteiger partial charge is 0.177 e. The van der Waals surface area contributed by atoms with Gasteiger partial charge in [-0.25, -0.2) is 0 Å². The molecule has 0 bridgehead atoms. The average Bonchev–Trinajstić information content (AvgIpc) is 3.08. The highest BCUT2D eigenvalue weighted by atomic mass is 16.7. The van der Waals surface area contributed by atoms with Gasteiger partial charge in [-0.15, -0.1) is 0 Å². The molecule has 18 heteroatoms. The minimum atomic E-state index is -2.72. The monoisotopic (exact) mass is 685 g/mol. The van der Waals surface area contributed by atoms with Gasteiger partial charge in [-0.2, -0.15) is 0 Å². The maximum atomic E-state index is 12.3. The molecular weight excluding hydrogens is 642 g/mol. The molecule has 0 aromatic heterocycles. The molecule has 3 aliphatic rings. The zero-order valence-electron chi connectivity index (χ0n) is 25.5. The van der Waals surface area contributed by atoms with Crippen LogP contribution in [-0.4, -0.2) is 151 Å². The molecule has 5 rings (SSSR count). The third kappa shape index (κ3) is 5.96. The Morgan fingerprint density at radius 1 is 0.667 bits per heavy atom. The SMILES string of the molecule is NC1C(O)O[C@H](CO)C(O[C@@H]2O[C@H](CO)C(O[C@@H]3O[C@@](CO)(c4ccccc4O)[C@](O)(c4ccccc4O)[C@H](O)[C@H]3N)[C@H](O)C2N)C1O. The molecule has 6 unspecified atom stereocenters. The second kappa shape index (κ2) is 14.3. The number of benzene rings is 2. The number of ether oxygens (including phenoxy) is 5. The lowest BCUT2D eigenvalue weighted by Gasteiger charge is -2.56. The number of nitrogens with two attached hydrogens (primary N) is 3. The van der Waals surface area contributed by atoms with E-state index in [-0.39, 0.29) is 11.1 Å². The summed E-state index contributed by atoms with van der Waals surface area (Å²) >= 11 is 0. The molecule has 0 amide bonds. The molecule has 3 fully saturated rings. The lowest BCUT2D eigenvalue weighted by Crippen LogP contribution is -2.74. The van der Waals surface area contributed by atoms with Gasteiger partial charge in [0, 0.05) is 11.1 Å². The van der Waals surface area contributed by atoms with Crippen molar-refractivity contribution in [3.8, 4) is 11.5 Å². The summed E-state index contributed by atoms with van der Waals surface area (Å²) in [4.78, 5) is 0. The Labute approximate surface area is 274 Å². The highest BCUT2D eigenvalue weighted by Gasteiger charge is 2.67. The van der Waals surface area contributed by atoms with Gasteiger partial charge in [0.05, 0.1) is 37.9 Å². The van der Waals surface area contributed by atoms with Crippen LogP contribution in [0, 0.1) is 0 Å². The molecule has 0 spiro atoms. The molecule has 0 radical (unpaired) electrons. The summed E-state index contributed by atoms with van der Waals surface area (Å²) in [7, 11) is 0. The van der Waals surface area contributed by atoms with Gasteiger partial charge in [0.2, 0.25) is 0 Å². The molecule has 0 saturated carbocycles. The second-order valence-electron chi connectivity index (χ2n) is 12.1. The van der Waals surface area contributed by atoms with E-state index in [2.05, 4.69) is 0 Å². The van der Waals surface area contributed by atoms with E-state index in [0.29, 0.717) is 0 Å². The first-order chi connectivity index (χ1) is 22.8. The van der Waals surface area contributed by atoms with Crippen LogP contribution in [0.15, 0.2) is 48.5 Å². The van der Waals surface area contributed by atoms with Gasteiger partial charge in [-0.3, -0.25) is 0 Å². The van der Waals surface area contributed by atoms with Crippen LogP contribution >= 0.6 is 0 Å². The summed E-state index contributed by atoms with van der Waals surface area (Å²) in [6, 6.07) is 6.35. The lowest BCUT2D eigenvalue weighted by atomic mass is 9.66. The van der Waals surface area contributed by atoms with Crippen LogP contribution in [0.3, 0.4) is 0 Å². The van der Waals surface area contributed by atoms with Crippen LogP contribution in [0.2, 0.25) is 0 Å². The van der Waals surface area contributed by atoms with E-state index in [1.165, 1.54) is 48.5 Å². The maximum Gasteiger partial charge on any atom is 0.177 e. The number of hydrogen-bond acceptors (Lipinski definition) is 18. The molecule has 3 heterocycles. The molecule has 0 aliphatic carbocycles. The molecule has 16 N–H and O–H groups in total. The van der Waals surface area contributed by atoms with E-state index in [0.717, 1.165) is 0 Å². The summed E-state index contributed by atoms with van der Waals surface area (Å²) in [6.45, 7) is -2.64. The number of aliphatic hydroxyl groups excluding tert-OH is 7. The topological polar surface area (TPSA) is 327 Å². The molecule has 15 atom stereocenters. The van der Waals surface area contributed by atoms with Crippen molar-refractivity contribution in [3.63, 3.8) is 0 Å². The van der Waals surface area contributed by atoms with Gasteiger partial charge < -0.3 is 92.0 Å². The maximum absolute atomic E-state index is 12.3. The van der Waals surface area contributed by atoms with Crippen LogP contribution in [0.5, 0.6) is 11.5 Å². The second-order valence-corrected chi connectivity index (χ2v) is 12.1. The molecule has 268 valence electrons. The minimum absolute atomic E-state index is 0.225. The normalized spacial score (nSPS) is 43.6. The predicted molar refractivity (Wildman–Crippen MR) is 159 cm³/mol. The number of aliphatic hydroxyl groups is 8. The number of phenolic OH excluding ortho intramolecular Hbond substituents is 2. The summed E-state index contributed by atoms with van der Waals surface area (Å²) in [6.07, 6.45) is -16.1. The fourth-order valence-electron chi connectivity index (χ4n) is 6.61. The molecule has 48 heavy (non-hydrogen) atoms. The van der Waals surface area contributed by atoms with Crippen molar-refractivity contribution < 1.29 is 74.7 Å². The molecule has 3 saturated heterocycles. The third-order valence-corrected chi connectivity index (χ3v) is 9.32. The average molecular weight is 686 g/mol. The van der Waals surface area contributed by atoms with Crippen LogP contribution < -0.4 is 17.2 Å². The summed E-state index contributed by atoms with van der Waals surface area (Å²) in [5.74, 6) is -0.969.